The number of H-pyrrole nitrogens is 1. The molecule has 2 aromatic rings. The molecule has 17 heavy (non-hydrogen) atoms. The van der Waals surface area contributed by atoms with Crippen LogP contribution < -0.4 is 5.56 Å². The van der Waals surface area contributed by atoms with Crippen molar-refractivity contribution in [3.63, 3.8) is 0 Å². The highest BCUT2D eigenvalue weighted by atomic mass is 16.5. The molecule has 90 valence electrons. The zero-order chi connectivity index (χ0) is 12.3. The van der Waals surface area contributed by atoms with Crippen LogP contribution in [0.3, 0.4) is 0 Å². The van der Waals surface area contributed by atoms with Crippen LogP contribution in [0.1, 0.15) is 16.8 Å². The van der Waals surface area contributed by atoms with Gasteiger partial charge in [0.25, 0.3) is 5.56 Å². The van der Waals surface area contributed by atoms with Gasteiger partial charge in [-0.05, 0) is 12.5 Å². The van der Waals surface area contributed by atoms with Crippen LogP contribution in [-0.2, 0) is 17.9 Å². The number of nitrogens with zero attached hydrogens (tertiary/aromatic N) is 1. The summed E-state index contributed by atoms with van der Waals surface area (Å²) < 4.78 is 6.56. The lowest BCUT2D eigenvalue weighted by Crippen LogP contribution is -2.16. The molecule has 0 unspecified atom stereocenters. The normalized spacial score (nSPS) is 10.7. The summed E-state index contributed by atoms with van der Waals surface area (Å²) in [6.45, 7) is 3.03. The van der Waals surface area contributed by atoms with Gasteiger partial charge in [0, 0.05) is 13.2 Å². The maximum absolute atomic E-state index is 11.7. The molecule has 4 heteroatoms. The first-order valence-electron chi connectivity index (χ1n) is 5.52. The molecule has 1 N–H and O–H groups in total. The van der Waals surface area contributed by atoms with Gasteiger partial charge in [-0.15, -0.1) is 0 Å². The lowest BCUT2D eigenvalue weighted by Gasteiger charge is -2.03. The molecule has 0 aliphatic heterocycles. The first-order chi connectivity index (χ1) is 8.19. The fraction of sp³-hybridized carbons (Fsp3) is 0.308. The summed E-state index contributed by atoms with van der Waals surface area (Å²) in [5.74, 6) is 0. The van der Waals surface area contributed by atoms with Crippen molar-refractivity contribution in [3.8, 4) is 0 Å². The number of hydrogen-bond donors (Lipinski definition) is 1. The van der Waals surface area contributed by atoms with Crippen molar-refractivity contribution in [1.29, 1.82) is 0 Å². The summed E-state index contributed by atoms with van der Waals surface area (Å²) in [7, 11) is 1.61. The second-order valence-corrected chi connectivity index (χ2v) is 4.12. The van der Waals surface area contributed by atoms with Gasteiger partial charge in [-0.25, -0.2) is 4.68 Å². The number of aryl methyl sites for hydroxylation is 1. The van der Waals surface area contributed by atoms with Crippen LogP contribution >= 0.6 is 0 Å². The fourth-order valence-electron chi connectivity index (χ4n) is 1.71. The number of aromatic amines is 1. The Bertz CT molecular complexity index is 537. The Morgan fingerprint density at radius 2 is 2.00 bits per heavy atom. The average molecular weight is 232 g/mol. The molecule has 0 bridgehead atoms. The summed E-state index contributed by atoms with van der Waals surface area (Å²) in [5, 5.41) is 3.02. The lowest BCUT2D eigenvalue weighted by molar-refractivity contribution is 0.181. The van der Waals surface area contributed by atoms with Gasteiger partial charge in [-0.3, -0.25) is 9.89 Å². The van der Waals surface area contributed by atoms with Gasteiger partial charge in [-0.2, -0.15) is 0 Å². The van der Waals surface area contributed by atoms with Crippen molar-refractivity contribution in [1.82, 2.24) is 9.78 Å². The number of ether oxygens (including phenoxy) is 1. The Morgan fingerprint density at radius 1 is 1.29 bits per heavy atom. The number of nitrogens with one attached hydrogen (secondary N) is 1. The van der Waals surface area contributed by atoms with Gasteiger partial charge in [0.2, 0.25) is 0 Å². The molecule has 1 aromatic carbocycles. The van der Waals surface area contributed by atoms with Gasteiger partial charge in [-0.1, -0.05) is 29.8 Å². The van der Waals surface area contributed by atoms with Crippen LogP contribution in [0.2, 0.25) is 0 Å². The largest absolute Gasteiger partial charge is 0.378 e. The second-order valence-electron chi connectivity index (χ2n) is 4.12. The highest BCUT2D eigenvalue weighted by molar-refractivity contribution is 5.21. The Kier molecular flexibility index (Phi) is 3.44. The molecule has 0 aliphatic carbocycles. The fourth-order valence-corrected chi connectivity index (χ4v) is 1.71. The zero-order valence-electron chi connectivity index (χ0n) is 10.1. The molecule has 0 aliphatic rings. The van der Waals surface area contributed by atoms with E-state index in [0.717, 1.165) is 11.3 Å². The van der Waals surface area contributed by atoms with Crippen molar-refractivity contribution in [3.05, 3.63) is 57.5 Å². The molecule has 0 atom stereocenters. The molecular formula is C13H16N2O2. The molecule has 0 saturated heterocycles. The molecule has 0 spiro atoms. The van der Waals surface area contributed by atoms with E-state index in [4.69, 9.17) is 4.74 Å². The first-order valence-corrected chi connectivity index (χ1v) is 5.52. The lowest BCUT2D eigenvalue weighted by atomic mass is 10.1. The average Bonchev–Trinajstić information content (AvgIpc) is 2.63. The molecule has 2 rings (SSSR count). The summed E-state index contributed by atoms with van der Waals surface area (Å²) in [6.07, 6.45) is 0. The van der Waals surface area contributed by atoms with Crippen molar-refractivity contribution < 1.29 is 4.74 Å². The van der Waals surface area contributed by atoms with Gasteiger partial charge in [0.05, 0.1) is 18.8 Å². The summed E-state index contributed by atoms with van der Waals surface area (Å²) in [5.41, 5.74) is 3.08. The predicted molar refractivity (Wildman–Crippen MR) is 66.0 cm³/mol. The zero-order valence-corrected chi connectivity index (χ0v) is 10.1. The quantitative estimate of drug-likeness (QED) is 0.871. The Morgan fingerprint density at radius 3 is 2.65 bits per heavy atom. The van der Waals surface area contributed by atoms with Crippen LogP contribution in [0.5, 0.6) is 0 Å². The maximum Gasteiger partial charge on any atom is 0.267 e. The van der Waals surface area contributed by atoms with E-state index >= 15 is 0 Å². The SMILES string of the molecule is COCc1cc(=O)n(Cc2ccc(C)cc2)[nH]1. The highest BCUT2D eigenvalue weighted by Crippen LogP contribution is 2.04. The van der Waals surface area contributed by atoms with Crippen LogP contribution in [0.15, 0.2) is 35.1 Å². The van der Waals surface area contributed by atoms with E-state index in [9.17, 15) is 4.79 Å². The molecule has 0 saturated carbocycles. The Hall–Kier alpha value is -1.81. The number of methoxy groups -OCH3 is 1. The summed E-state index contributed by atoms with van der Waals surface area (Å²) in [4.78, 5) is 11.7. The van der Waals surface area contributed by atoms with Crippen LogP contribution in [-0.4, -0.2) is 16.9 Å². The number of aromatic nitrogens is 2. The highest BCUT2D eigenvalue weighted by Gasteiger charge is 2.03. The minimum absolute atomic E-state index is 0.0300. The van der Waals surface area contributed by atoms with Gasteiger partial charge in [0.1, 0.15) is 0 Å². The van der Waals surface area contributed by atoms with Crippen molar-refractivity contribution in [2.75, 3.05) is 7.11 Å². The third-order valence-electron chi connectivity index (χ3n) is 2.60. The van der Waals surface area contributed by atoms with E-state index in [2.05, 4.69) is 5.10 Å². The maximum atomic E-state index is 11.7. The Labute approximate surface area is 99.8 Å². The van der Waals surface area contributed by atoms with E-state index in [1.165, 1.54) is 5.56 Å². The third-order valence-corrected chi connectivity index (χ3v) is 2.60. The molecule has 0 radical (unpaired) electrons. The minimum Gasteiger partial charge on any atom is -0.378 e. The number of rotatable bonds is 4. The standard InChI is InChI=1S/C13H16N2O2/c1-10-3-5-11(6-4-10)8-15-13(16)7-12(14-15)9-17-2/h3-7,14H,8-9H2,1-2H3. The summed E-state index contributed by atoms with van der Waals surface area (Å²) in [6, 6.07) is 9.70. The molecular weight excluding hydrogens is 216 g/mol. The molecule has 1 heterocycles. The van der Waals surface area contributed by atoms with Crippen LogP contribution in [0, 0.1) is 6.92 Å². The molecule has 4 nitrogen and oxygen atoms in total. The van der Waals surface area contributed by atoms with E-state index in [-0.39, 0.29) is 5.56 Å². The van der Waals surface area contributed by atoms with E-state index in [1.807, 2.05) is 31.2 Å². The number of benzene rings is 1. The van der Waals surface area contributed by atoms with E-state index < -0.39 is 0 Å². The van der Waals surface area contributed by atoms with Crippen molar-refractivity contribution >= 4 is 0 Å². The smallest absolute Gasteiger partial charge is 0.267 e. The van der Waals surface area contributed by atoms with E-state index in [1.54, 1.807) is 17.9 Å². The van der Waals surface area contributed by atoms with Gasteiger partial charge < -0.3 is 4.74 Å². The predicted octanol–water partition coefficient (Wildman–Crippen LogP) is 1.68. The monoisotopic (exact) mass is 232 g/mol. The Balaban J connectivity index is 2.18. The van der Waals surface area contributed by atoms with Crippen molar-refractivity contribution in [2.45, 2.75) is 20.1 Å². The third kappa shape index (κ3) is 2.85. The molecule has 1 aromatic heterocycles. The molecule has 0 amide bonds. The minimum atomic E-state index is -0.0300. The molecule has 0 fully saturated rings. The first kappa shape index (κ1) is 11.7. The topological polar surface area (TPSA) is 47.0 Å². The van der Waals surface area contributed by atoms with Crippen LogP contribution in [0.25, 0.3) is 0 Å². The van der Waals surface area contributed by atoms with E-state index in [0.29, 0.717) is 13.2 Å². The van der Waals surface area contributed by atoms with Gasteiger partial charge >= 0.3 is 0 Å². The van der Waals surface area contributed by atoms with Crippen LogP contribution in [0.4, 0.5) is 0 Å². The van der Waals surface area contributed by atoms with Gasteiger partial charge in [0.15, 0.2) is 0 Å². The second kappa shape index (κ2) is 5.01. The summed E-state index contributed by atoms with van der Waals surface area (Å²) >= 11 is 0. The van der Waals surface area contributed by atoms with Crippen molar-refractivity contribution in [2.24, 2.45) is 0 Å². The number of hydrogen-bond acceptors (Lipinski definition) is 2.